The van der Waals surface area contributed by atoms with Crippen LogP contribution in [0.25, 0.3) is 0 Å². The summed E-state index contributed by atoms with van der Waals surface area (Å²) in [5, 5.41) is 3.62. The van der Waals surface area contributed by atoms with Crippen LogP contribution < -0.4 is 5.32 Å². The fourth-order valence-electron chi connectivity index (χ4n) is 3.79. The third-order valence-electron chi connectivity index (χ3n) is 4.41. The molecule has 0 spiro atoms. The van der Waals surface area contributed by atoms with Crippen molar-refractivity contribution >= 4 is 15.9 Å². The van der Waals surface area contributed by atoms with E-state index >= 15 is 0 Å². The number of rotatable bonds is 4. The van der Waals surface area contributed by atoms with Crippen molar-refractivity contribution in [2.24, 2.45) is 17.8 Å². The molecule has 20 heavy (non-hydrogen) atoms. The van der Waals surface area contributed by atoms with E-state index in [1.54, 1.807) is 12.1 Å². The number of benzene rings is 1. The molecule has 1 aromatic carbocycles. The lowest BCUT2D eigenvalue weighted by Gasteiger charge is -2.37. The van der Waals surface area contributed by atoms with E-state index in [-0.39, 0.29) is 5.82 Å². The molecule has 0 radical (unpaired) electrons. The van der Waals surface area contributed by atoms with Crippen LogP contribution in [0.3, 0.4) is 0 Å². The van der Waals surface area contributed by atoms with Crippen LogP contribution in [-0.2, 0) is 0 Å². The van der Waals surface area contributed by atoms with Crippen molar-refractivity contribution in [3.63, 3.8) is 0 Å². The average molecular weight is 342 g/mol. The van der Waals surface area contributed by atoms with E-state index in [0.717, 1.165) is 22.9 Å². The van der Waals surface area contributed by atoms with E-state index in [0.29, 0.717) is 12.0 Å². The Hall–Kier alpha value is -0.410. The number of halogens is 2. The van der Waals surface area contributed by atoms with Gasteiger partial charge in [0.2, 0.25) is 0 Å². The minimum Gasteiger partial charge on any atom is -0.310 e. The Kier molecular flexibility index (Phi) is 5.62. The van der Waals surface area contributed by atoms with E-state index in [1.807, 2.05) is 6.07 Å². The predicted octanol–water partition coefficient (Wildman–Crippen LogP) is 5.31. The second kappa shape index (κ2) is 7.04. The van der Waals surface area contributed by atoms with Gasteiger partial charge in [-0.25, -0.2) is 4.39 Å². The maximum absolute atomic E-state index is 13.3. The SMILES string of the molecule is CCNC(c1ccc(F)cc1Br)C1CC(C)CC(C)C1. The lowest BCUT2D eigenvalue weighted by Crippen LogP contribution is -2.33. The average Bonchev–Trinajstić information content (AvgIpc) is 2.35. The monoisotopic (exact) mass is 341 g/mol. The maximum atomic E-state index is 13.3. The van der Waals surface area contributed by atoms with E-state index in [4.69, 9.17) is 0 Å². The van der Waals surface area contributed by atoms with Crippen molar-refractivity contribution in [3.05, 3.63) is 34.1 Å². The van der Waals surface area contributed by atoms with Crippen LogP contribution in [0.4, 0.5) is 4.39 Å². The van der Waals surface area contributed by atoms with Crippen molar-refractivity contribution in [2.45, 2.75) is 46.1 Å². The first-order valence-electron chi connectivity index (χ1n) is 7.69. The minimum atomic E-state index is -0.179. The Balaban J connectivity index is 2.25. The van der Waals surface area contributed by atoms with E-state index in [9.17, 15) is 4.39 Å². The van der Waals surface area contributed by atoms with Crippen LogP contribution in [0.15, 0.2) is 22.7 Å². The highest BCUT2D eigenvalue weighted by molar-refractivity contribution is 9.10. The molecule has 0 saturated heterocycles. The Morgan fingerprint density at radius 1 is 1.25 bits per heavy atom. The van der Waals surface area contributed by atoms with Crippen molar-refractivity contribution in [1.82, 2.24) is 5.32 Å². The minimum absolute atomic E-state index is 0.179. The fraction of sp³-hybridized carbons (Fsp3) is 0.647. The molecule has 0 bridgehead atoms. The topological polar surface area (TPSA) is 12.0 Å². The van der Waals surface area contributed by atoms with Gasteiger partial charge in [0, 0.05) is 10.5 Å². The van der Waals surface area contributed by atoms with E-state index in [2.05, 4.69) is 42.0 Å². The van der Waals surface area contributed by atoms with E-state index in [1.165, 1.54) is 24.8 Å². The van der Waals surface area contributed by atoms with Gasteiger partial charge in [0.1, 0.15) is 5.82 Å². The van der Waals surface area contributed by atoms with Gasteiger partial charge >= 0.3 is 0 Å². The zero-order valence-corrected chi connectivity index (χ0v) is 14.2. The molecule has 0 amide bonds. The summed E-state index contributed by atoms with van der Waals surface area (Å²) < 4.78 is 14.2. The van der Waals surface area contributed by atoms with Gasteiger partial charge in [-0.05, 0) is 61.3 Å². The molecule has 1 aliphatic carbocycles. The third kappa shape index (κ3) is 3.82. The highest BCUT2D eigenvalue weighted by atomic mass is 79.9. The molecular weight excluding hydrogens is 317 g/mol. The molecule has 1 N–H and O–H groups in total. The summed E-state index contributed by atoms with van der Waals surface area (Å²) in [6, 6.07) is 5.40. The summed E-state index contributed by atoms with van der Waals surface area (Å²) in [4.78, 5) is 0. The predicted molar refractivity (Wildman–Crippen MR) is 86.2 cm³/mol. The highest BCUT2D eigenvalue weighted by Crippen LogP contribution is 2.41. The number of hydrogen-bond donors (Lipinski definition) is 1. The molecule has 3 atom stereocenters. The number of hydrogen-bond acceptors (Lipinski definition) is 1. The second-order valence-corrected chi connectivity index (χ2v) is 7.23. The van der Waals surface area contributed by atoms with Gasteiger partial charge in [0.15, 0.2) is 0 Å². The molecule has 1 saturated carbocycles. The van der Waals surface area contributed by atoms with Gasteiger partial charge in [-0.2, -0.15) is 0 Å². The van der Waals surface area contributed by atoms with Crippen molar-refractivity contribution < 1.29 is 4.39 Å². The van der Waals surface area contributed by atoms with Crippen LogP contribution >= 0.6 is 15.9 Å². The molecule has 1 aliphatic rings. The zero-order valence-electron chi connectivity index (χ0n) is 12.6. The first-order valence-corrected chi connectivity index (χ1v) is 8.48. The van der Waals surface area contributed by atoms with Gasteiger partial charge in [-0.15, -0.1) is 0 Å². The molecule has 2 rings (SSSR count). The molecule has 1 fully saturated rings. The molecule has 3 heteroatoms. The Bertz CT molecular complexity index is 439. The van der Waals surface area contributed by atoms with Gasteiger partial charge in [-0.3, -0.25) is 0 Å². The molecule has 0 aromatic heterocycles. The first-order chi connectivity index (χ1) is 9.51. The number of nitrogens with one attached hydrogen (secondary N) is 1. The lowest BCUT2D eigenvalue weighted by molar-refractivity contribution is 0.177. The summed E-state index contributed by atoms with van der Waals surface area (Å²) in [7, 11) is 0. The molecule has 1 nitrogen and oxygen atoms in total. The zero-order chi connectivity index (χ0) is 14.7. The van der Waals surface area contributed by atoms with Crippen LogP contribution in [-0.4, -0.2) is 6.54 Å². The van der Waals surface area contributed by atoms with Gasteiger partial charge in [-0.1, -0.05) is 42.8 Å². The quantitative estimate of drug-likeness (QED) is 0.782. The molecule has 1 aromatic rings. The van der Waals surface area contributed by atoms with Crippen molar-refractivity contribution in [1.29, 1.82) is 0 Å². The largest absolute Gasteiger partial charge is 0.310 e. The van der Waals surface area contributed by atoms with Crippen LogP contribution in [0.5, 0.6) is 0 Å². The molecule has 0 heterocycles. The third-order valence-corrected chi connectivity index (χ3v) is 5.09. The highest BCUT2D eigenvalue weighted by Gasteiger charge is 2.31. The van der Waals surface area contributed by atoms with E-state index < -0.39 is 0 Å². The molecule has 112 valence electrons. The van der Waals surface area contributed by atoms with Crippen molar-refractivity contribution in [2.75, 3.05) is 6.54 Å². The fourth-order valence-corrected chi connectivity index (χ4v) is 4.38. The van der Waals surface area contributed by atoms with Crippen LogP contribution in [0, 0.1) is 23.6 Å². The van der Waals surface area contributed by atoms with Gasteiger partial charge < -0.3 is 5.32 Å². The Morgan fingerprint density at radius 3 is 2.45 bits per heavy atom. The second-order valence-electron chi connectivity index (χ2n) is 6.38. The summed E-state index contributed by atoms with van der Waals surface area (Å²) in [5.74, 6) is 2.02. The normalized spacial score (nSPS) is 28.4. The summed E-state index contributed by atoms with van der Waals surface area (Å²) >= 11 is 3.53. The first kappa shape index (κ1) is 16.0. The summed E-state index contributed by atoms with van der Waals surface area (Å²) in [6.07, 6.45) is 3.84. The van der Waals surface area contributed by atoms with Gasteiger partial charge in [0.25, 0.3) is 0 Å². The Morgan fingerprint density at radius 2 is 1.90 bits per heavy atom. The van der Waals surface area contributed by atoms with Crippen molar-refractivity contribution in [3.8, 4) is 0 Å². The Labute approximate surface area is 130 Å². The summed E-state index contributed by atoms with van der Waals surface area (Å²) in [5.41, 5.74) is 1.19. The van der Waals surface area contributed by atoms with Crippen LogP contribution in [0.2, 0.25) is 0 Å². The standard InChI is InChI=1S/C17H25BrFN/c1-4-20-17(13-8-11(2)7-12(3)9-13)15-6-5-14(19)10-16(15)18/h5-6,10-13,17,20H,4,7-9H2,1-3H3. The lowest BCUT2D eigenvalue weighted by atomic mass is 9.72. The van der Waals surface area contributed by atoms with Crippen LogP contribution in [0.1, 0.15) is 51.6 Å². The molecule has 3 unspecified atom stereocenters. The smallest absolute Gasteiger partial charge is 0.124 e. The molecule has 0 aliphatic heterocycles. The summed E-state index contributed by atoms with van der Waals surface area (Å²) in [6.45, 7) is 7.78. The maximum Gasteiger partial charge on any atom is 0.124 e. The molecular formula is C17H25BrFN. The van der Waals surface area contributed by atoms with Gasteiger partial charge in [0.05, 0.1) is 0 Å².